The van der Waals surface area contributed by atoms with E-state index < -0.39 is 0 Å². The van der Waals surface area contributed by atoms with E-state index in [2.05, 4.69) is 76.6 Å². The summed E-state index contributed by atoms with van der Waals surface area (Å²) in [5.41, 5.74) is 10.00. The summed E-state index contributed by atoms with van der Waals surface area (Å²) in [4.78, 5) is 6.76. The fourth-order valence-corrected chi connectivity index (χ4v) is 3.26. The van der Waals surface area contributed by atoms with Crippen LogP contribution in [-0.4, -0.2) is 12.5 Å². The van der Waals surface area contributed by atoms with Crippen molar-refractivity contribution in [3.05, 3.63) is 77.9 Å². The van der Waals surface area contributed by atoms with E-state index in [1.54, 1.807) is 0 Å². The number of hydrogen-bond donors (Lipinski definition) is 1. The lowest BCUT2D eigenvalue weighted by Crippen LogP contribution is -2.36. The second kappa shape index (κ2) is 5.76. The molecule has 1 aliphatic rings. The fourth-order valence-electron chi connectivity index (χ4n) is 3.26. The Morgan fingerprint density at radius 2 is 1.74 bits per heavy atom. The van der Waals surface area contributed by atoms with Crippen LogP contribution in [0.1, 0.15) is 11.1 Å². The fraction of sp³-hybridized carbons (Fsp3) is 0.150. The number of aliphatic imine (C=N–C) groups is 1. The molecule has 3 heteroatoms. The minimum atomic E-state index is 0.600. The maximum Gasteiger partial charge on any atom is 0.196 e. The highest BCUT2D eigenvalue weighted by Gasteiger charge is 2.20. The maximum absolute atomic E-state index is 6.26. The summed E-state index contributed by atoms with van der Waals surface area (Å²) < 4.78 is 0. The maximum atomic E-state index is 6.26. The van der Waals surface area contributed by atoms with Gasteiger partial charge in [0.2, 0.25) is 0 Å². The van der Waals surface area contributed by atoms with E-state index in [1.807, 2.05) is 0 Å². The van der Waals surface area contributed by atoms with Crippen molar-refractivity contribution in [3.63, 3.8) is 0 Å². The number of fused-ring (bicyclic) bond motifs is 2. The molecule has 3 nitrogen and oxygen atoms in total. The third-order valence-electron chi connectivity index (χ3n) is 4.46. The largest absolute Gasteiger partial charge is 0.370 e. The van der Waals surface area contributed by atoms with Crippen LogP contribution < -0.4 is 10.6 Å². The van der Waals surface area contributed by atoms with Gasteiger partial charge in [0.05, 0.1) is 6.54 Å². The predicted octanol–water partition coefficient (Wildman–Crippen LogP) is 3.72. The average molecular weight is 301 g/mol. The topological polar surface area (TPSA) is 41.6 Å². The SMILES string of the molecule is NC(=NCc1cccc2ccccc12)N1CCc2ccccc21. The van der Waals surface area contributed by atoms with Crippen LogP contribution in [-0.2, 0) is 13.0 Å². The molecule has 0 saturated carbocycles. The number of rotatable bonds is 2. The van der Waals surface area contributed by atoms with E-state index in [0.29, 0.717) is 12.5 Å². The first kappa shape index (κ1) is 13.8. The highest BCUT2D eigenvalue weighted by Crippen LogP contribution is 2.27. The second-order valence-electron chi connectivity index (χ2n) is 5.84. The van der Waals surface area contributed by atoms with Crippen molar-refractivity contribution in [2.24, 2.45) is 10.7 Å². The molecule has 0 amide bonds. The zero-order valence-electron chi connectivity index (χ0n) is 12.9. The number of para-hydroxylation sites is 1. The van der Waals surface area contributed by atoms with Gasteiger partial charge in [-0.3, -0.25) is 0 Å². The van der Waals surface area contributed by atoms with Crippen molar-refractivity contribution >= 4 is 22.4 Å². The Morgan fingerprint density at radius 1 is 0.957 bits per heavy atom. The van der Waals surface area contributed by atoms with Gasteiger partial charge >= 0.3 is 0 Å². The molecule has 2 N–H and O–H groups in total. The van der Waals surface area contributed by atoms with Gasteiger partial charge in [0.1, 0.15) is 0 Å². The summed E-state index contributed by atoms with van der Waals surface area (Å²) in [5, 5.41) is 2.48. The standard InChI is InChI=1S/C20H19N3/c21-20(23-13-12-16-7-2-4-11-19(16)23)22-14-17-9-5-8-15-6-1-3-10-18(15)17/h1-11H,12-14H2,(H2,21,22). The highest BCUT2D eigenvalue weighted by molar-refractivity contribution is 5.97. The van der Waals surface area contributed by atoms with Gasteiger partial charge in [-0.15, -0.1) is 0 Å². The number of hydrogen-bond acceptors (Lipinski definition) is 1. The first-order valence-corrected chi connectivity index (χ1v) is 7.95. The lowest BCUT2D eigenvalue weighted by Gasteiger charge is -2.18. The molecule has 0 aliphatic carbocycles. The zero-order valence-corrected chi connectivity index (χ0v) is 12.9. The number of benzene rings is 3. The van der Waals surface area contributed by atoms with Crippen LogP contribution in [0.5, 0.6) is 0 Å². The summed E-state index contributed by atoms with van der Waals surface area (Å²) in [6.07, 6.45) is 1.03. The van der Waals surface area contributed by atoms with Gasteiger partial charge in [0.25, 0.3) is 0 Å². The molecule has 0 saturated heterocycles. The Labute approximate surface area is 136 Å². The van der Waals surface area contributed by atoms with E-state index in [4.69, 9.17) is 5.73 Å². The van der Waals surface area contributed by atoms with Crippen molar-refractivity contribution in [2.75, 3.05) is 11.4 Å². The minimum Gasteiger partial charge on any atom is -0.370 e. The predicted molar refractivity (Wildman–Crippen MR) is 96.8 cm³/mol. The van der Waals surface area contributed by atoms with Gasteiger partial charge in [0.15, 0.2) is 5.96 Å². The van der Waals surface area contributed by atoms with Gasteiger partial charge in [-0.1, -0.05) is 60.7 Å². The number of guanidine groups is 1. The quantitative estimate of drug-likeness (QED) is 0.579. The van der Waals surface area contributed by atoms with Crippen LogP contribution in [0.3, 0.4) is 0 Å². The molecular weight excluding hydrogens is 282 g/mol. The molecule has 3 aromatic carbocycles. The molecule has 0 radical (unpaired) electrons. The van der Waals surface area contributed by atoms with Crippen molar-refractivity contribution in [3.8, 4) is 0 Å². The summed E-state index contributed by atoms with van der Waals surface area (Å²) in [7, 11) is 0. The monoisotopic (exact) mass is 301 g/mol. The van der Waals surface area contributed by atoms with Crippen molar-refractivity contribution < 1.29 is 0 Å². The number of nitrogens with two attached hydrogens (primary N) is 1. The summed E-state index contributed by atoms with van der Waals surface area (Å²) in [6, 6.07) is 23.1. The van der Waals surface area contributed by atoms with Gasteiger partial charge in [-0.05, 0) is 34.4 Å². The summed E-state index contributed by atoms with van der Waals surface area (Å²) in [6.45, 7) is 1.51. The highest BCUT2D eigenvalue weighted by atomic mass is 15.3. The van der Waals surface area contributed by atoms with Crippen molar-refractivity contribution in [1.82, 2.24) is 0 Å². The molecule has 0 fully saturated rings. The van der Waals surface area contributed by atoms with E-state index in [-0.39, 0.29) is 0 Å². The Kier molecular flexibility index (Phi) is 3.46. The lowest BCUT2D eigenvalue weighted by atomic mass is 10.1. The third-order valence-corrected chi connectivity index (χ3v) is 4.46. The molecule has 23 heavy (non-hydrogen) atoms. The van der Waals surface area contributed by atoms with Gasteiger partial charge in [-0.25, -0.2) is 4.99 Å². The molecule has 1 heterocycles. The molecule has 0 spiro atoms. The van der Waals surface area contributed by atoms with Gasteiger partial charge in [-0.2, -0.15) is 0 Å². The molecule has 0 aromatic heterocycles. The normalized spacial score (nSPS) is 14.3. The Bertz CT molecular complexity index is 877. The minimum absolute atomic E-state index is 0.600. The van der Waals surface area contributed by atoms with Crippen LogP contribution in [0.15, 0.2) is 71.7 Å². The van der Waals surface area contributed by atoms with Gasteiger partial charge < -0.3 is 10.6 Å². The first-order valence-electron chi connectivity index (χ1n) is 7.95. The van der Waals surface area contributed by atoms with Crippen LogP contribution >= 0.6 is 0 Å². The Balaban J connectivity index is 1.61. The molecule has 114 valence electrons. The molecule has 0 bridgehead atoms. The molecule has 0 atom stereocenters. The smallest absolute Gasteiger partial charge is 0.196 e. The van der Waals surface area contributed by atoms with Crippen LogP contribution in [0.25, 0.3) is 10.8 Å². The van der Waals surface area contributed by atoms with E-state index in [1.165, 1.54) is 27.6 Å². The van der Waals surface area contributed by atoms with E-state index in [9.17, 15) is 0 Å². The molecule has 0 unspecified atom stereocenters. The van der Waals surface area contributed by atoms with E-state index in [0.717, 1.165) is 13.0 Å². The van der Waals surface area contributed by atoms with Crippen molar-refractivity contribution in [2.45, 2.75) is 13.0 Å². The van der Waals surface area contributed by atoms with Crippen LogP contribution in [0, 0.1) is 0 Å². The second-order valence-corrected chi connectivity index (χ2v) is 5.84. The van der Waals surface area contributed by atoms with Crippen molar-refractivity contribution in [1.29, 1.82) is 0 Å². The molecule has 3 aromatic rings. The third kappa shape index (κ3) is 2.55. The lowest BCUT2D eigenvalue weighted by molar-refractivity contribution is 0.982. The molecule has 4 rings (SSSR count). The Hall–Kier alpha value is -2.81. The van der Waals surface area contributed by atoms with Crippen LogP contribution in [0.2, 0.25) is 0 Å². The summed E-state index contributed by atoms with van der Waals surface area (Å²) in [5.74, 6) is 0.600. The molecule has 1 aliphatic heterocycles. The Morgan fingerprint density at radius 3 is 2.70 bits per heavy atom. The molecular formula is C20H19N3. The van der Waals surface area contributed by atoms with Crippen LogP contribution in [0.4, 0.5) is 5.69 Å². The zero-order chi connectivity index (χ0) is 15.6. The average Bonchev–Trinajstić information content (AvgIpc) is 3.04. The first-order chi connectivity index (χ1) is 11.3. The van der Waals surface area contributed by atoms with Gasteiger partial charge in [0, 0.05) is 12.2 Å². The number of nitrogens with zero attached hydrogens (tertiary/aromatic N) is 2. The number of anilines is 1. The van der Waals surface area contributed by atoms with E-state index >= 15 is 0 Å². The summed E-state index contributed by atoms with van der Waals surface area (Å²) >= 11 is 0.